The standard InChI is InChI=1S/C16H16ClN5O2S/c1-9-3-4-11(5-12(9)17)20-15(24)6-14(23)19-10(2)13-7-22-16(21-13)25-8-18-22/h3-5,7-8,10H,6H2,1-2H3,(H,19,23)(H,20,24). The maximum atomic E-state index is 12.1. The van der Waals surface area contributed by atoms with Crippen LogP contribution in [-0.4, -0.2) is 26.4 Å². The van der Waals surface area contributed by atoms with Crippen molar-refractivity contribution in [3.63, 3.8) is 0 Å². The number of aryl methyl sites for hydroxylation is 1. The lowest BCUT2D eigenvalue weighted by Crippen LogP contribution is -2.30. The molecule has 0 saturated carbocycles. The van der Waals surface area contributed by atoms with Gasteiger partial charge < -0.3 is 10.6 Å². The van der Waals surface area contributed by atoms with Gasteiger partial charge in [0.2, 0.25) is 16.8 Å². The maximum Gasteiger partial charge on any atom is 0.233 e. The number of halogens is 1. The molecule has 0 spiro atoms. The van der Waals surface area contributed by atoms with Gasteiger partial charge in [-0.15, -0.1) is 0 Å². The predicted octanol–water partition coefficient (Wildman–Crippen LogP) is 2.96. The van der Waals surface area contributed by atoms with E-state index >= 15 is 0 Å². The van der Waals surface area contributed by atoms with Crippen LogP contribution in [0.2, 0.25) is 5.02 Å². The number of hydrogen-bond acceptors (Lipinski definition) is 5. The van der Waals surface area contributed by atoms with Gasteiger partial charge in [0.1, 0.15) is 11.9 Å². The molecule has 2 aromatic heterocycles. The molecular formula is C16H16ClN5O2S. The van der Waals surface area contributed by atoms with Gasteiger partial charge in [0.25, 0.3) is 0 Å². The van der Waals surface area contributed by atoms with E-state index in [-0.39, 0.29) is 18.4 Å². The Morgan fingerprint density at radius 2 is 2.16 bits per heavy atom. The summed E-state index contributed by atoms with van der Waals surface area (Å²) in [6.45, 7) is 3.68. The van der Waals surface area contributed by atoms with Gasteiger partial charge in [-0.25, -0.2) is 9.50 Å². The first-order valence-electron chi connectivity index (χ1n) is 7.56. The molecule has 3 aromatic rings. The van der Waals surface area contributed by atoms with Gasteiger partial charge in [-0.2, -0.15) is 5.10 Å². The molecule has 25 heavy (non-hydrogen) atoms. The molecule has 0 bridgehead atoms. The number of fused-ring (bicyclic) bond motifs is 1. The Kier molecular flexibility index (Phi) is 5.00. The molecule has 0 aliphatic heterocycles. The second kappa shape index (κ2) is 7.20. The lowest BCUT2D eigenvalue weighted by atomic mass is 10.2. The minimum Gasteiger partial charge on any atom is -0.347 e. The predicted molar refractivity (Wildman–Crippen MR) is 96.9 cm³/mol. The Labute approximate surface area is 153 Å². The summed E-state index contributed by atoms with van der Waals surface area (Å²) in [6, 6.07) is 4.88. The number of hydrogen-bond donors (Lipinski definition) is 2. The Morgan fingerprint density at radius 3 is 2.88 bits per heavy atom. The number of carbonyl (C=O) groups excluding carboxylic acids is 2. The molecule has 0 saturated heterocycles. The van der Waals surface area contributed by atoms with Crippen molar-refractivity contribution >= 4 is 45.4 Å². The van der Waals surface area contributed by atoms with Crippen LogP contribution >= 0.6 is 22.9 Å². The van der Waals surface area contributed by atoms with Crippen LogP contribution in [0.5, 0.6) is 0 Å². The zero-order valence-electron chi connectivity index (χ0n) is 13.6. The molecule has 7 nitrogen and oxygen atoms in total. The van der Waals surface area contributed by atoms with Gasteiger partial charge in [0, 0.05) is 10.7 Å². The monoisotopic (exact) mass is 377 g/mol. The van der Waals surface area contributed by atoms with E-state index in [2.05, 4.69) is 20.7 Å². The van der Waals surface area contributed by atoms with Crippen molar-refractivity contribution in [3.05, 3.63) is 46.2 Å². The largest absolute Gasteiger partial charge is 0.347 e. The fourth-order valence-electron chi connectivity index (χ4n) is 2.25. The number of amides is 2. The summed E-state index contributed by atoms with van der Waals surface area (Å²) < 4.78 is 1.65. The van der Waals surface area contributed by atoms with Gasteiger partial charge >= 0.3 is 0 Å². The molecule has 2 heterocycles. The van der Waals surface area contributed by atoms with E-state index in [1.165, 1.54) is 11.3 Å². The smallest absolute Gasteiger partial charge is 0.233 e. The summed E-state index contributed by atoms with van der Waals surface area (Å²) in [5, 5.41) is 10.1. The first kappa shape index (κ1) is 17.4. The summed E-state index contributed by atoms with van der Waals surface area (Å²) in [5.74, 6) is -0.787. The van der Waals surface area contributed by atoms with Crippen molar-refractivity contribution in [1.29, 1.82) is 0 Å². The quantitative estimate of drug-likeness (QED) is 0.669. The molecular weight excluding hydrogens is 362 g/mol. The van der Waals surface area contributed by atoms with Gasteiger partial charge in [-0.3, -0.25) is 9.59 Å². The SMILES string of the molecule is Cc1ccc(NC(=O)CC(=O)NC(C)c2cn3ncsc3n2)cc1Cl. The molecule has 130 valence electrons. The number of anilines is 1. The van der Waals surface area contributed by atoms with E-state index in [1.54, 1.807) is 34.4 Å². The van der Waals surface area contributed by atoms with Gasteiger partial charge in [0.05, 0.1) is 17.9 Å². The van der Waals surface area contributed by atoms with Gasteiger partial charge in [-0.05, 0) is 31.5 Å². The third-order valence-corrected chi connectivity index (χ3v) is 4.70. The van der Waals surface area contributed by atoms with Crippen molar-refractivity contribution in [3.8, 4) is 0 Å². The zero-order chi connectivity index (χ0) is 18.0. The molecule has 2 N–H and O–H groups in total. The molecule has 0 fully saturated rings. The number of rotatable bonds is 5. The average Bonchev–Trinajstić information content (AvgIpc) is 3.12. The number of benzene rings is 1. The molecule has 0 radical (unpaired) electrons. The fraction of sp³-hybridized carbons (Fsp3) is 0.250. The Bertz CT molecular complexity index is 907. The summed E-state index contributed by atoms with van der Waals surface area (Å²) in [7, 11) is 0. The first-order chi connectivity index (χ1) is 11.9. The third-order valence-electron chi connectivity index (χ3n) is 3.60. The van der Waals surface area contributed by atoms with Crippen molar-refractivity contribution in [2.75, 3.05) is 5.32 Å². The van der Waals surface area contributed by atoms with E-state index < -0.39 is 5.91 Å². The highest BCUT2D eigenvalue weighted by molar-refractivity contribution is 7.14. The van der Waals surface area contributed by atoms with Crippen LogP contribution < -0.4 is 10.6 Å². The highest BCUT2D eigenvalue weighted by Gasteiger charge is 2.16. The van der Waals surface area contributed by atoms with E-state index in [0.717, 1.165) is 10.5 Å². The summed E-state index contributed by atoms with van der Waals surface area (Å²) in [6.07, 6.45) is 1.47. The van der Waals surface area contributed by atoms with Crippen molar-refractivity contribution in [2.45, 2.75) is 26.3 Å². The van der Waals surface area contributed by atoms with E-state index in [4.69, 9.17) is 11.6 Å². The number of carbonyl (C=O) groups is 2. The van der Waals surface area contributed by atoms with Crippen molar-refractivity contribution in [2.24, 2.45) is 0 Å². The summed E-state index contributed by atoms with van der Waals surface area (Å²) in [5.41, 5.74) is 3.86. The second-order valence-electron chi connectivity index (χ2n) is 5.61. The van der Waals surface area contributed by atoms with Crippen LogP contribution in [-0.2, 0) is 9.59 Å². The van der Waals surface area contributed by atoms with Crippen LogP contribution in [0.25, 0.3) is 4.96 Å². The second-order valence-corrected chi connectivity index (χ2v) is 6.83. The van der Waals surface area contributed by atoms with Gasteiger partial charge in [0.15, 0.2) is 0 Å². The summed E-state index contributed by atoms with van der Waals surface area (Å²) >= 11 is 7.43. The number of nitrogens with zero attached hydrogens (tertiary/aromatic N) is 3. The number of aromatic nitrogens is 3. The van der Waals surface area contributed by atoms with E-state index in [9.17, 15) is 9.59 Å². The third kappa shape index (κ3) is 4.15. The summed E-state index contributed by atoms with van der Waals surface area (Å²) in [4.78, 5) is 29.2. The van der Waals surface area contributed by atoms with Crippen LogP contribution in [0, 0.1) is 6.92 Å². The highest BCUT2D eigenvalue weighted by atomic mass is 35.5. The minimum atomic E-state index is -0.405. The van der Waals surface area contributed by atoms with Crippen LogP contribution in [0.4, 0.5) is 5.69 Å². The van der Waals surface area contributed by atoms with Crippen LogP contribution in [0.15, 0.2) is 29.9 Å². The lowest BCUT2D eigenvalue weighted by molar-refractivity contribution is -0.127. The van der Waals surface area contributed by atoms with Crippen molar-refractivity contribution < 1.29 is 9.59 Å². The molecule has 2 amide bonds. The molecule has 0 aliphatic carbocycles. The molecule has 1 aromatic carbocycles. The van der Waals surface area contributed by atoms with Crippen LogP contribution in [0.1, 0.15) is 30.6 Å². The fourth-order valence-corrected chi connectivity index (χ4v) is 3.04. The first-order valence-corrected chi connectivity index (χ1v) is 8.82. The topological polar surface area (TPSA) is 88.4 Å². The molecule has 3 rings (SSSR count). The number of imidazole rings is 1. The average molecular weight is 378 g/mol. The lowest BCUT2D eigenvalue weighted by Gasteiger charge is -2.11. The highest BCUT2D eigenvalue weighted by Crippen LogP contribution is 2.20. The van der Waals surface area contributed by atoms with E-state index in [0.29, 0.717) is 16.4 Å². The Balaban J connectivity index is 1.55. The Morgan fingerprint density at radius 1 is 1.36 bits per heavy atom. The Hall–Kier alpha value is -2.45. The van der Waals surface area contributed by atoms with Gasteiger partial charge in [-0.1, -0.05) is 29.0 Å². The molecule has 1 unspecified atom stereocenters. The molecule has 9 heteroatoms. The zero-order valence-corrected chi connectivity index (χ0v) is 15.2. The van der Waals surface area contributed by atoms with Crippen LogP contribution in [0.3, 0.4) is 0 Å². The van der Waals surface area contributed by atoms with E-state index in [1.807, 2.05) is 13.8 Å². The van der Waals surface area contributed by atoms with Crippen molar-refractivity contribution in [1.82, 2.24) is 19.9 Å². The normalized spacial score (nSPS) is 12.1. The molecule has 0 aliphatic rings. The molecule has 1 atom stereocenters. The minimum absolute atomic E-state index is 0.281. The maximum absolute atomic E-state index is 12.1. The number of nitrogens with one attached hydrogen (secondary N) is 2.